The Kier molecular flexibility index (Phi) is 4.85. The second-order valence-electron chi connectivity index (χ2n) is 3.35. The van der Waals surface area contributed by atoms with Gasteiger partial charge in [-0.15, -0.1) is 0 Å². The zero-order valence-corrected chi connectivity index (χ0v) is 9.84. The summed E-state index contributed by atoms with van der Waals surface area (Å²) < 4.78 is 5.23. The van der Waals surface area contributed by atoms with Gasteiger partial charge in [0.2, 0.25) is 0 Å². The van der Waals surface area contributed by atoms with Crippen molar-refractivity contribution in [2.24, 2.45) is 0 Å². The van der Waals surface area contributed by atoms with E-state index in [9.17, 15) is 0 Å². The fourth-order valence-electron chi connectivity index (χ4n) is 1.41. The average molecular weight is 230 g/mol. The Bertz CT molecular complexity index is 329. The lowest BCUT2D eigenvalue weighted by molar-refractivity contribution is 0.275. The van der Waals surface area contributed by atoms with E-state index in [0.717, 1.165) is 24.8 Å². The Morgan fingerprint density at radius 3 is 2.80 bits per heavy atom. The minimum atomic E-state index is -0.121. The van der Waals surface area contributed by atoms with E-state index in [-0.39, 0.29) is 6.61 Å². The molecule has 3 nitrogen and oxygen atoms in total. The van der Waals surface area contributed by atoms with Gasteiger partial charge in [-0.25, -0.2) is 4.98 Å². The highest BCUT2D eigenvalue weighted by atomic mass is 35.5. The lowest BCUT2D eigenvalue weighted by Crippen LogP contribution is -1.99. The number of ether oxygens (including phenoxy) is 1. The van der Waals surface area contributed by atoms with Gasteiger partial charge in [0.05, 0.1) is 19.4 Å². The van der Waals surface area contributed by atoms with Crippen LogP contribution in [0, 0.1) is 0 Å². The third kappa shape index (κ3) is 3.08. The van der Waals surface area contributed by atoms with E-state index in [1.165, 1.54) is 0 Å². The predicted octanol–water partition coefficient (Wildman–Crippen LogP) is 2.58. The molecule has 0 amide bonds. The highest BCUT2D eigenvalue weighted by Gasteiger charge is 2.10. The Morgan fingerprint density at radius 1 is 1.53 bits per heavy atom. The molecule has 1 aromatic heterocycles. The van der Waals surface area contributed by atoms with Crippen molar-refractivity contribution in [3.8, 4) is 5.75 Å². The van der Waals surface area contributed by atoms with E-state index in [1.807, 2.05) is 0 Å². The smallest absolute Gasteiger partial charge is 0.136 e. The van der Waals surface area contributed by atoms with Gasteiger partial charge < -0.3 is 9.84 Å². The van der Waals surface area contributed by atoms with E-state index in [1.54, 1.807) is 13.2 Å². The number of rotatable bonds is 5. The first-order chi connectivity index (χ1) is 7.22. The van der Waals surface area contributed by atoms with E-state index in [2.05, 4.69) is 11.9 Å². The Morgan fingerprint density at radius 2 is 2.27 bits per heavy atom. The molecule has 0 atom stereocenters. The summed E-state index contributed by atoms with van der Waals surface area (Å²) >= 11 is 6.03. The number of halogens is 1. The Balaban J connectivity index is 3.01. The molecular formula is C11H16ClNO2. The minimum Gasteiger partial charge on any atom is -0.496 e. The molecular weight excluding hydrogens is 214 g/mol. The molecule has 15 heavy (non-hydrogen) atoms. The maximum atomic E-state index is 8.97. The molecule has 0 unspecified atom stereocenters. The van der Waals surface area contributed by atoms with Crippen molar-refractivity contribution in [3.63, 3.8) is 0 Å². The van der Waals surface area contributed by atoms with Crippen molar-refractivity contribution >= 4 is 11.6 Å². The quantitative estimate of drug-likeness (QED) is 0.790. The molecule has 0 spiro atoms. The number of nitrogens with zero attached hydrogens (tertiary/aromatic N) is 1. The molecule has 0 bridgehead atoms. The maximum absolute atomic E-state index is 8.97. The van der Waals surface area contributed by atoms with Crippen LogP contribution in [0.25, 0.3) is 0 Å². The highest BCUT2D eigenvalue weighted by molar-refractivity contribution is 6.30. The van der Waals surface area contributed by atoms with Crippen LogP contribution in [-0.4, -0.2) is 17.2 Å². The zero-order valence-electron chi connectivity index (χ0n) is 9.09. The normalized spacial score (nSPS) is 10.4. The topological polar surface area (TPSA) is 42.4 Å². The molecule has 0 aromatic carbocycles. The van der Waals surface area contributed by atoms with Crippen LogP contribution in [0.2, 0.25) is 5.15 Å². The first-order valence-electron chi connectivity index (χ1n) is 5.06. The van der Waals surface area contributed by atoms with Crippen LogP contribution in [-0.2, 0) is 13.0 Å². The molecule has 0 aliphatic heterocycles. The lowest BCUT2D eigenvalue weighted by atomic mass is 10.1. The minimum absolute atomic E-state index is 0.121. The van der Waals surface area contributed by atoms with Crippen molar-refractivity contribution in [1.29, 1.82) is 0 Å². The number of hydrogen-bond donors (Lipinski definition) is 1. The average Bonchev–Trinajstić information content (AvgIpc) is 2.26. The molecule has 1 rings (SSSR count). The molecule has 0 aliphatic carbocycles. The van der Waals surface area contributed by atoms with Gasteiger partial charge in [-0.1, -0.05) is 24.9 Å². The van der Waals surface area contributed by atoms with Gasteiger partial charge in [-0.05, 0) is 12.8 Å². The molecule has 1 N–H and O–H groups in total. The summed E-state index contributed by atoms with van der Waals surface area (Å²) in [5, 5.41) is 9.41. The first kappa shape index (κ1) is 12.3. The Labute approximate surface area is 95.1 Å². The second kappa shape index (κ2) is 5.93. The van der Waals surface area contributed by atoms with Gasteiger partial charge in [-0.2, -0.15) is 0 Å². The van der Waals surface area contributed by atoms with E-state index < -0.39 is 0 Å². The van der Waals surface area contributed by atoms with Gasteiger partial charge in [0.15, 0.2) is 0 Å². The summed E-state index contributed by atoms with van der Waals surface area (Å²) in [6.45, 7) is 2.00. The summed E-state index contributed by atoms with van der Waals surface area (Å²) in [6, 6.07) is 1.73. The summed E-state index contributed by atoms with van der Waals surface area (Å²) in [5.74, 6) is 0.715. The van der Waals surface area contributed by atoms with Crippen molar-refractivity contribution < 1.29 is 9.84 Å². The number of hydrogen-bond acceptors (Lipinski definition) is 3. The maximum Gasteiger partial charge on any atom is 0.136 e. The van der Waals surface area contributed by atoms with Crippen LogP contribution in [0.4, 0.5) is 0 Å². The molecule has 0 fully saturated rings. The fraction of sp³-hybridized carbons (Fsp3) is 0.545. The number of aliphatic hydroxyl groups excluding tert-OH is 1. The van der Waals surface area contributed by atoms with Crippen LogP contribution >= 0.6 is 11.6 Å². The molecule has 0 saturated heterocycles. The van der Waals surface area contributed by atoms with Crippen molar-refractivity contribution in [2.45, 2.75) is 32.8 Å². The third-order valence-corrected chi connectivity index (χ3v) is 2.56. The Hall–Kier alpha value is -0.800. The fourth-order valence-corrected chi connectivity index (χ4v) is 1.71. The molecule has 0 radical (unpaired) electrons. The zero-order chi connectivity index (χ0) is 11.3. The van der Waals surface area contributed by atoms with Crippen molar-refractivity contribution in [1.82, 2.24) is 4.98 Å². The van der Waals surface area contributed by atoms with E-state index in [0.29, 0.717) is 16.6 Å². The van der Waals surface area contributed by atoms with Gasteiger partial charge in [-0.3, -0.25) is 0 Å². The lowest BCUT2D eigenvalue weighted by Gasteiger charge is -2.10. The van der Waals surface area contributed by atoms with E-state index >= 15 is 0 Å². The number of methoxy groups -OCH3 is 1. The molecule has 1 aromatic rings. The van der Waals surface area contributed by atoms with Crippen LogP contribution < -0.4 is 4.74 Å². The molecule has 0 saturated carbocycles. The predicted molar refractivity (Wildman–Crippen MR) is 60.3 cm³/mol. The third-order valence-electron chi connectivity index (χ3n) is 2.25. The number of unbranched alkanes of at least 4 members (excludes halogenated alkanes) is 1. The highest BCUT2D eigenvalue weighted by Crippen LogP contribution is 2.27. The van der Waals surface area contributed by atoms with Gasteiger partial charge in [0.25, 0.3) is 0 Å². The van der Waals surface area contributed by atoms with E-state index in [4.69, 9.17) is 21.4 Å². The van der Waals surface area contributed by atoms with Crippen molar-refractivity contribution in [2.75, 3.05) is 7.11 Å². The summed E-state index contributed by atoms with van der Waals surface area (Å²) in [5.41, 5.74) is 1.47. The number of pyridine rings is 1. The number of aliphatic hydroxyl groups is 1. The summed E-state index contributed by atoms with van der Waals surface area (Å²) in [4.78, 5) is 4.09. The molecule has 1 heterocycles. The summed E-state index contributed by atoms with van der Waals surface area (Å²) in [7, 11) is 1.60. The second-order valence-corrected chi connectivity index (χ2v) is 3.70. The standard InChI is InChI=1S/C11H16ClNO2/c1-3-4-5-9-10(15-2)6-8(7-14)13-11(9)12/h6,14H,3-5,7H2,1-2H3. The molecule has 84 valence electrons. The largest absolute Gasteiger partial charge is 0.496 e. The van der Waals surface area contributed by atoms with Crippen LogP contribution in [0.1, 0.15) is 31.0 Å². The van der Waals surface area contributed by atoms with Crippen LogP contribution in [0.5, 0.6) is 5.75 Å². The van der Waals surface area contributed by atoms with Gasteiger partial charge in [0, 0.05) is 11.6 Å². The summed E-state index contributed by atoms with van der Waals surface area (Å²) in [6.07, 6.45) is 3.01. The van der Waals surface area contributed by atoms with Gasteiger partial charge in [0.1, 0.15) is 10.9 Å². The molecule has 0 aliphatic rings. The number of aromatic nitrogens is 1. The monoisotopic (exact) mass is 229 g/mol. The molecule has 4 heteroatoms. The van der Waals surface area contributed by atoms with Crippen molar-refractivity contribution in [3.05, 3.63) is 22.5 Å². The first-order valence-corrected chi connectivity index (χ1v) is 5.43. The van der Waals surface area contributed by atoms with Crippen LogP contribution in [0.3, 0.4) is 0 Å². The van der Waals surface area contributed by atoms with Gasteiger partial charge >= 0.3 is 0 Å². The van der Waals surface area contributed by atoms with Crippen LogP contribution in [0.15, 0.2) is 6.07 Å². The SMILES string of the molecule is CCCCc1c(OC)cc(CO)nc1Cl.